The average Bonchev–Trinajstić information content (AvgIpc) is 2.26. The zero-order valence-electron chi connectivity index (χ0n) is 9.34. The summed E-state index contributed by atoms with van der Waals surface area (Å²) in [5.41, 5.74) is 1.04. The largest absolute Gasteiger partial charge is 0.481 e. The van der Waals surface area contributed by atoms with Gasteiger partial charge < -0.3 is 10.8 Å². The Morgan fingerprint density at radius 1 is 1.42 bits per heavy atom. The van der Waals surface area contributed by atoms with Gasteiger partial charge >= 0.3 is 12.1 Å². The van der Waals surface area contributed by atoms with Crippen molar-refractivity contribution in [3.63, 3.8) is 0 Å². The van der Waals surface area contributed by atoms with Crippen molar-refractivity contribution in [1.82, 2.24) is 4.98 Å². The highest BCUT2D eigenvalue weighted by molar-refractivity contribution is 5.71. The number of aromatic nitrogens is 1. The lowest BCUT2D eigenvalue weighted by Gasteiger charge is -2.16. The van der Waals surface area contributed by atoms with Crippen molar-refractivity contribution in [3.8, 4) is 0 Å². The number of nitrogens with two attached hydrogens (primary N) is 1. The SMILES string of the molecule is NCc1cc(C(F)(F)F)c(CC(=O)O)c(C(F)F)n1. The van der Waals surface area contributed by atoms with E-state index < -0.39 is 48.4 Å². The molecular weight excluding hydrogens is 275 g/mol. The second-order valence-electron chi connectivity index (χ2n) is 3.60. The molecule has 19 heavy (non-hydrogen) atoms. The molecular formula is C10H9F5N2O2. The molecule has 0 unspecified atom stereocenters. The molecule has 0 amide bonds. The summed E-state index contributed by atoms with van der Waals surface area (Å²) in [7, 11) is 0. The van der Waals surface area contributed by atoms with Crippen molar-refractivity contribution in [2.24, 2.45) is 5.73 Å². The maximum absolute atomic E-state index is 12.8. The van der Waals surface area contributed by atoms with Gasteiger partial charge in [-0.25, -0.2) is 8.78 Å². The summed E-state index contributed by atoms with van der Waals surface area (Å²) in [5, 5.41) is 8.53. The van der Waals surface area contributed by atoms with Crippen LogP contribution in [0.4, 0.5) is 22.0 Å². The van der Waals surface area contributed by atoms with E-state index in [1.165, 1.54) is 0 Å². The molecule has 1 aromatic rings. The number of carbonyl (C=O) groups is 1. The van der Waals surface area contributed by atoms with E-state index in [0.717, 1.165) is 0 Å². The van der Waals surface area contributed by atoms with Gasteiger partial charge in [0.05, 0.1) is 17.7 Å². The molecule has 9 heteroatoms. The van der Waals surface area contributed by atoms with E-state index in [9.17, 15) is 26.7 Å². The molecule has 0 spiro atoms. The number of alkyl halides is 5. The molecule has 1 heterocycles. The Morgan fingerprint density at radius 2 is 2.00 bits per heavy atom. The standard InChI is InChI=1S/C10H9F5N2O2/c11-9(12)8-5(2-7(18)19)6(10(13,14)15)1-4(3-16)17-8/h1,9H,2-3,16H2,(H,18,19). The number of nitrogens with zero attached hydrogens (tertiary/aromatic N) is 1. The van der Waals surface area contributed by atoms with Gasteiger partial charge in [-0.1, -0.05) is 0 Å². The normalized spacial score (nSPS) is 11.9. The maximum Gasteiger partial charge on any atom is 0.416 e. The average molecular weight is 284 g/mol. The fourth-order valence-electron chi connectivity index (χ4n) is 1.52. The Kier molecular flexibility index (Phi) is 4.40. The van der Waals surface area contributed by atoms with E-state index in [0.29, 0.717) is 6.07 Å². The number of carboxylic acid groups (broad SMARTS) is 1. The van der Waals surface area contributed by atoms with Gasteiger partial charge in [0.2, 0.25) is 0 Å². The van der Waals surface area contributed by atoms with E-state index in [2.05, 4.69) is 4.98 Å². The second kappa shape index (κ2) is 5.47. The molecule has 0 aromatic carbocycles. The lowest BCUT2D eigenvalue weighted by Crippen LogP contribution is -2.18. The summed E-state index contributed by atoms with van der Waals surface area (Å²) in [6.45, 7) is -0.462. The van der Waals surface area contributed by atoms with Crippen LogP contribution in [0.3, 0.4) is 0 Å². The van der Waals surface area contributed by atoms with Crippen LogP contribution >= 0.6 is 0 Å². The van der Waals surface area contributed by atoms with E-state index in [1.54, 1.807) is 0 Å². The van der Waals surface area contributed by atoms with Crippen molar-refractivity contribution >= 4 is 5.97 Å². The van der Waals surface area contributed by atoms with Crippen molar-refractivity contribution < 1.29 is 31.9 Å². The summed E-state index contributed by atoms with van der Waals surface area (Å²) in [6.07, 6.45) is -9.46. The minimum absolute atomic E-state index is 0.378. The first-order valence-electron chi connectivity index (χ1n) is 4.96. The van der Waals surface area contributed by atoms with Crippen LogP contribution < -0.4 is 5.73 Å². The summed E-state index contributed by atoms with van der Waals surface area (Å²) >= 11 is 0. The van der Waals surface area contributed by atoms with Crippen LogP contribution in [-0.2, 0) is 23.9 Å². The lowest BCUT2D eigenvalue weighted by molar-refractivity contribution is -0.140. The number of aliphatic carboxylic acids is 1. The number of pyridine rings is 1. The highest BCUT2D eigenvalue weighted by Gasteiger charge is 2.37. The quantitative estimate of drug-likeness (QED) is 0.830. The minimum Gasteiger partial charge on any atom is -0.481 e. The van der Waals surface area contributed by atoms with Gasteiger partial charge in [0.15, 0.2) is 0 Å². The maximum atomic E-state index is 12.8. The van der Waals surface area contributed by atoms with Crippen molar-refractivity contribution in [1.29, 1.82) is 0 Å². The zero-order valence-corrected chi connectivity index (χ0v) is 9.34. The molecule has 0 aliphatic heterocycles. The summed E-state index contributed by atoms with van der Waals surface area (Å²) in [5.74, 6) is -1.66. The fraction of sp³-hybridized carbons (Fsp3) is 0.400. The number of hydrogen-bond acceptors (Lipinski definition) is 3. The molecule has 0 aliphatic rings. The number of hydrogen-bond donors (Lipinski definition) is 2. The van der Waals surface area contributed by atoms with Crippen LogP contribution in [0.2, 0.25) is 0 Å². The molecule has 0 atom stereocenters. The first-order valence-corrected chi connectivity index (χ1v) is 4.96. The molecule has 106 valence electrons. The Morgan fingerprint density at radius 3 is 2.37 bits per heavy atom. The highest BCUT2D eigenvalue weighted by atomic mass is 19.4. The van der Waals surface area contributed by atoms with Gasteiger partial charge in [-0.05, 0) is 6.07 Å². The summed E-state index contributed by atoms with van der Waals surface area (Å²) < 4.78 is 63.7. The van der Waals surface area contributed by atoms with Crippen LogP contribution in [0.1, 0.15) is 28.9 Å². The van der Waals surface area contributed by atoms with Gasteiger partial charge in [0.25, 0.3) is 6.43 Å². The summed E-state index contributed by atoms with van der Waals surface area (Å²) in [4.78, 5) is 13.8. The smallest absolute Gasteiger partial charge is 0.416 e. The van der Waals surface area contributed by atoms with Gasteiger partial charge in [-0.3, -0.25) is 9.78 Å². The third-order valence-electron chi connectivity index (χ3n) is 2.26. The summed E-state index contributed by atoms with van der Waals surface area (Å²) in [6, 6.07) is 0.490. The Hall–Kier alpha value is -1.77. The second-order valence-corrected chi connectivity index (χ2v) is 3.60. The Bertz CT molecular complexity index is 488. The lowest BCUT2D eigenvalue weighted by atomic mass is 10.0. The van der Waals surface area contributed by atoms with Crippen LogP contribution in [0.15, 0.2) is 6.07 Å². The number of carboxylic acids is 1. The van der Waals surface area contributed by atoms with Gasteiger partial charge in [-0.15, -0.1) is 0 Å². The van der Waals surface area contributed by atoms with Gasteiger partial charge in [0, 0.05) is 12.1 Å². The van der Waals surface area contributed by atoms with Crippen LogP contribution in [0.5, 0.6) is 0 Å². The number of halogens is 5. The van der Waals surface area contributed by atoms with Crippen molar-refractivity contribution in [3.05, 3.63) is 28.6 Å². The van der Waals surface area contributed by atoms with E-state index in [1.807, 2.05) is 0 Å². The van der Waals surface area contributed by atoms with Gasteiger partial charge in [0.1, 0.15) is 5.69 Å². The molecule has 1 rings (SSSR count). The zero-order chi connectivity index (χ0) is 14.8. The van der Waals surface area contributed by atoms with Crippen LogP contribution in [0.25, 0.3) is 0 Å². The van der Waals surface area contributed by atoms with E-state index in [4.69, 9.17) is 10.8 Å². The monoisotopic (exact) mass is 284 g/mol. The third-order valence-corrected chi connectivity index (χ3v) is 2.26. The van der Waals surface area contributed by atoms with Crippen molar-refractivity contribution in [2.75, 3.05) is 0 Å². The predicted octanol–water partition coefficient (Wildman–Crippen LogP) is 2.12. The first-order chi connectivity index (χ1) is 8.66. The topological polar surface area (TPSA) is 76.2 Å². The van der Waals surface area contributed by atoms with Crippen LogP contribution in [0, 0.1) is 0 Å². The Labute approximate surface area is 104 Å². The first kappa shape index (κ1) is 15.3. The van der Waals surface area contributed by atoms with E-state index in [-0.39, 0.29) is 5.69 Å². The molecule has 1 aromatic heterocycles. The van der Waals surface area contributed by atoms with Crippen molar-refractivity contribution in [2.45, 2.75) is 25.6 Å². The molecule has 0 saturated carbocycles. The molecule has 0 saturated heterocycles. The molecule has 0 aliphatic carbocycles. The molecule has 4 nitrogen and oxygen atoms in total. The van der Waals surface area contributed by atoms with Crippen LogP contribution in [-0.4, -0.2) is 16.1 Å². The third kappa shape index (κ3) is 3.60. The molecule has 0 radical (unpaired) electrons. The highest BCUT2D eigenvalue weighted by Crippen LogP contribution is 2.36. The molecule has 0 fully saturated rings. The predicted molar refractivity (Wildman–Crippen MR) is 53.4 cm³/mol. The van der Waals surface area contributed by atoms with E-state index >= 15 is 0 Å². The molecule has 0 bridgehead atoms. The van der Waals surface area contributed by atoms with Gasteiger partial charge in [-0.2, -0.15) is 13.2 Å². The minimum atomic E-state index is -4.96. The number of rotatable bonds is 4. The Balaban J connectivity index is 3.56. The fourth-order valence-corrected chi connectivity index (χ4v) is 1.52. The molecule has 3 N–H and O–H groups in total.